The van der Waals surface area contributed by atoms with E-state index in [9.17, 15) is 0 Å². The fraction of sp³-hybridized carbons (Fsp3) is 0.562. The molecule has 1 aliphatic heterocycles. The molecule has 1 unspecified atom stereocenters. The zero-order valence-corrected chi connectivity index (χ0v) is 10.7. The average Bonchev–Trinajstić information content (AvgIpc) is 2.88. The molecule has 1 saturated heterocycles. The van der Waals surface area contributed by atoms with Gasteiger partial charge in [0.05, 0.1) is 11.6 Å². The van der Waals surface area contributed by atoms with Crippen LogP contribution in [-0.2, 0) is 0 Å². The van der Waals surface area contributed by atoms with Crippen LogP contribution in [-0.4, -0.2) is 13.1 Å². The smallest absolute Gasteiger partial charge is 0.0991 e. The van der Waals surface area contributed by atoms with Crippen LogP contribution in [0.25, 0.3) is 0 Å². The predicted molar refractivity (Wildman–Crippen MR) is 71.3 cm³/mol. The van der Waals surface area contributed by atoms with Crippen LogP contribution in [0, 0.1) is 16.7 Å². The molecule has 0 amide bonds. The van der Waals surface area contributed by atoms with Crippen molar-refractivity contribution in [3.8, 4) is 6.07 Å². The van der Waals surface area contributed by atoms with Gasteiger partial charge in [0.1, 0.15) is 0 Å². The largest absolute Gasteiger partial charge is 0.241 e. The van der Waals surface area contributed by atoms with Crippen LogP contribution in [0.15, 0.2) is 24.3 Å². The highest BCUT2D eigenvalue weighted by atomic mass is 14.9. The monoisotopic (exact) mass is 239 g/mol. The lowest BCUT2D eigenvalue weighted by Crippen LogP contribution is -2.39. The summed E-state index contributed by atoms with van der Waals surface area (Å²) < 4.78 is 0. The summed E-state index contributed by atoms with van der Waals surface area (Å²) in [6.45, 7) is 1.99. The Kier molecular flexibility index (Phi) is 3.09. The van der Waals surface area contributed by atoms with Crippen molar-refractivity contribution in [3.63, 3.8) is 0 Å². The Morgan fingerprint density at radius 2 is 2.06 bits per heavy atom. The summed E-state index contributed by atoms with van der Waals surface area (Å²) in [5.41, 5.74) is 2.60. The quantitative estimate of drug-likeness (QED) is 0.741. The number of hydrogen-bond acceptors (Lipinski definition) is 1. The maximum absolute atomic E-state index is 9.04. The summed E-state index contributed by atoms with van der Waals surface area (Å²) in [5, 5.41) is 13.7. The summed E-state index contributed by atoms with van der Waals surface area (Å²) in [7, 11) is 0. The second-order valence-electron chi connectivity index (χ2n) is 5.74. The van der Waals surface area contributed by atoms with Crippen molar-refractivity contribution in [2.45, 2.75) is 38.0 Å². The molecule has 1 aliphatic carbocycles. The van der Waals surface area contributed by atoms with Crippen LogP contribution in [0.5, 0.6) is 0 Å². The van der Waals surface area contributed by atoms with Gasteiger partial charge in [-0.1, -0.05) is 25.0 Å². The third kappa shape index (κ3) is 1.93. The van der Waals surface area contributed by atoms with Crippen molar-refractivity contribution in [3.05, 3.63) is 35.4 Å². The molecule has 1 heterocycles. The molecule has 1 aromatic rings. The van der Waals surface area contributed by atoms with E-state index >= 15 is 0 Å². The molecule has 93 valence electrons. The van der Waals surface area contributed by atoms with Gasteiger partial charge < -0.3 is 0 Å². The van der Waals surface area contributed by atoms with Gasteiger partial charge in [-0.3, -0.25) is 0 Å². The molecular weight excluding hydrogens is 220 g/mol. The Morgan fingerprint density at radius 3 is 2.83 bits per heavy atom. The van der Waals surface area contributed by atoms with Gasteiger partial charge in [0.2, 0.25) is 0 Å². The summed E-state index contributed by atoms with van der Waals surface area (Å²) in [4.78, 5) is 0. The van der Waals surface area contributed by atoms with Crippen molar-refractivity contribution in [2.24, 2.45) is 5.41 Å². The van der Waals surface area contributed by atoms with Crippen LogP contribution >= 0.6 is 0 Å². The van der Waals surface area contributed by atoms with E-state index in [-0.39, 0.29) is 0 Å². The molecular formula is C16H19N2. The topological polar surface area (TPSA) is 37.9 Å². The predicted octanol–water partition coefficient (Wildman–Crippen LogP) is 3.21. The average molecular weight is 239 g/mol. The molecule has 1 saturated carbocycles. The maximum atomic E-state index is 9.04. The molecule has 2 heteroatoms. The summed E-state index contributed by atoms with van der Waals surface area (Å²) in [6.07, 6.45) is 6.69. The molecule has 2 fully saturated rings. The minimum atomic E-state index is 0.482. The van der Waals surface area contributed by atoms with Gasteiger partial charge in [-0.15, -0.1) is 0 Å². The molecule has 2 nitrogen and oxygen atoms in total. The normalized spacial score (nSPS) is 26.1. The number of rotatable bonds is 1. The minimum Gasteiger partial charge on any atom is -0.241 e. The van der Waals surface area contributed by atoms with Crippen LogP contribution in [0.4, 0.5) is 0 Å². The van der Waals surface area contributed by atoms with E-state index in [0.29, 0.717) is 11.3 Å². The fourth-order valence-electron chi connectivity index (χ4n) is 3.85. The first kappa shape index (κ1) is 11.7. The number of nitrogens with zero attached hydrogens (tertiary/aromatic N) is 2. The van der Waals surface area contributed by atoms with Gasteiger partial charge >= 0.3 is 0 Å². The van der Waals surface area contributed by atoms with E-state index in [0.717, 1.165) is 18.7 Å². The molecule has 1 atom stereocenters. The van der Waals surface area contributed by atoms with E-state index in [2.05, 4.69) is 23.5 Å². The third-order valence-corrected chi connectivity index (χ3v) is 4.84. The molecule has 0 aromatic heterocycles. The highest BCUT2D eigenvalue weighted by Gasteiger charge is 2.43. The molecule has 1 radical (unpaired) electrons. The second-order valence-corrected chi connectivity index (χ2v) is 5.74. The number of hydrogen-bond donors (Lipinski definition) is 0. The van der Waals surface area contributed by atoms with Crippen LogP contribution in [0.1, 0.15) is 49.1 Å². The molecule has 0 bridgehead atoms. The van der Waals surface area contributed by atoms with Crippen molar-refractivity contribution >= 4 is 0 Å². The number of benzene rings is 1. The molecule has 2 aliphatic rings. The highest BCUT2D eigenvalue weighted by molar-refractivity contribution is 5.36. The Balaban J connectivity index is 1.95. The van der Waals surface area contributed by atoms with Gasteiger partial charge in [0.15, 0.2) is 0 Å². The first-order chi connectivity index (χ1) is 8.84. The standard InChI is InChI=1S/C16H19N2/c17-11-13-4-3-5-14(10-13)15-12-18-9-8-16(15)6-1-2-7-16/h3-5,10,15H,1-2,6-9,12H2. The zero-order valence-electron chi connectivity index (χ0n) is 10.7. The number of piperidine rings is 1. The van der Waals surface area contributed by atoms with E-state index in [1.165, 1.54) is 37.7 Å². The van der Waals surface area contributed by atoms with Crippen molar-refractivity contribution < 1.29 is 0 Å². The Morgan fingerprint density at radius 1 is 1.22 bits per heavy atom. The number of nitriles is 1. The summed E-state index contributed by atoms with van der Waals surface area (Å²) >= 11 is 0. The molecule has 3 rings (SSSR count). The van der Waals surface area contributed by atoms with E-state index in [1.54, 1.807) is 0 Å². The lowest BCUT2D eigenvalue weighted by atomic mass is 9.66. The van der Waals surface area contributed by atoms with Crippen LogP contribution < -0.4 is 5.32 Å². The summed E-state index contributed by atoms with van der Waals surface area (Å²) in [6, 6.07) is 10.4. The molecule has 0 N–H and O–H groups in total. The summed E-state index contributed by atoms with van der Waals surface area (Å²) in [5.74, 6) is 0.544. The van der Waals surface area contributed by atoms with Crippen molar-refractivity contribution in [1.82, 2.24) is 5.32 Å². The van der Waals surface area contributed by atoms with E-state index in [1.807, 2.05) is 12.1 Å². The van der Waals surface area contributed by atoms with E-state index in [4.69, 9.17) is 5.26 Å². The van der Waals surface area contributed by atoms with Crippen LogP contribution in [0.3, 0.4) is 0 Å². The van der Waals surface area contributed by atoms with E-state index < -0.39 is 0 Å². The zero-order chi connectivity index (χ0) is 12.4. The maximum Gasteiger partial charge on any atom is 0.0991 e. The minimum absolute atomic E-state index is 0.482. The van der Waals surface area contributed by atoms with Gasteiger partial charge in [-0.25, -0.2) is 5.32 Å². The second kappa shape index (κ2) is 4.74. The SMILES string of the molecule is N#Cc1cccc(C2C[N]CCC23CCCC3)c1. The van der Waals surface area contributed by atoms with Gasteiger partial charge in [0.25, 0.3) is 0 Å². The van der Waals surface area contributed by atoms with Gasteiger partial charge in [-0.05, 0) is 42.4 Å². The fourth-order valence-corrected chi connectivity index (χ4v) is 3.85. The first-order valence-corrected chi connectivity index (χ1v) is 6.97. The lowest BCUT2D eigenvalue weighted by molar-refractivity contribution is 0.168. The van der Waals surface area contributed by atoms with Gasteiger partial charge in [-0.2, -0.15) is 5.26 Å². The molecule has 1 aromatic carbocycles. The molecule has 18 heavy (non-hydrogen) atoms. The Hall–Kier alpha value is -1.33. The third-order valence-electron chi connectivity index (χ3n) is 4.84. The highest BCUT2D eigenvalue weighted by Crippen LogP contribution is 2.52. The Labute approximate surface area is 109 Å². The Bertz CT molecular complexity index is 466. The lowest BCUT2D eigenvalue weighted by Gasteiger charge is -2.41. The van der Waals surface area contributed by atoms with Crippen molar-refractivity contribution in [1.29, 1.82) is 5.26 Å². The van der Waals surface area contributed by atoms with Gasteiger partial charge in [0, 0.05) is 19.0 Å². The first-order valence-electron chi connectivity index (χ1n) is 6.97. The van der Waals surface area contributed by atoms with Crippen molar-refractivity contribution in [2.75, 3.05) is 13.1 Å². The van der Waals surface area contributed by atoms with Crippen LogP contribution in [0.2, 0.25) is 0 Å². The molecule has 1 spiro atoms.